The molecule has 9 rings (SSSR count). The molecule has 0 fully saturated rings. The average Bonchev–Trinajstić information content (AvgIpc) is 3.25. The van der Waals surface area contributed by atoms with Crippen molar-refractivity contribution < 1.29 is 0 Å². The first kappa shape index (κ1) is 39.7. The summed E-state index contributed by atoms with van der Waals surface area (Å²) in [4.78, 5) is 0. The molecule has 0 spiro atoms. The van der Waals surface area contributed by atoms with Crippen LogP contribution in [0.15, 0.2) is 78.9 Å². The molecule has 0 atom stereocenters. The fourth-order valence-electron chi connectivity index (χ4n) is 11.0. The minimum Gasteiger partial charge on any atom is -0.101 e. The van der Waals surface area contributed by atoms with E-state index in [0.717, 1.165) is 0 Å². The number of benzene rings is 9. The van der Waals surface area contributed by atoms with Gasteiger partial charge in [0.2, 0.25) is 0 Å². The number of fused-ring (bicyclic) bond motifs is 5. The lowest BCUT2D eigenvalue weighted by molar-refractivity contribution is 1.67. The quantitative estimate of drug-likeness (QED) is 0.125. The summed E-state index contributed by atoms with van der Waals surface area (Å²) in [5, 5.41) is 13.6. The maximum absolute atomic E-state index is 2.45. The van der Waals surface area contributed by atoms with Gasteiger partial charge < -0.3 is 0 Å². The van der Waals surface area contributed by atoms with Crippen LogP contribution in [-0.4, -0.2) is 118 Å². The van der Waals surface area contributed by atoms with Crippen LogP contribution in [0.25, 0.3) is 87.2 Å². The van der Waals surface area contributed by atoms with E-state index in [9.17, 15) is 0 Å². The molecule has 0 radical (unpaired) electrons. The fourth-order valence-corrected chi connectivity index (χ4v) is 11.0. The lowest BCUT2D eigenvalue weighted by atomic mass is 9.56. The second-order valence-electron chi connectivity index (χ2n) is 18.0. The van der Waals surface area contributed by atoms with E-state index in [-0.39, 0.29) is 0 Å². The summed E-state index contributed by atoms with van der Waals surface area (Å²) in [5.41, 5.74) is 29.0. The van der Waals surface area contributed by atoms with Crippen molar-refractivity contribution in [2.45, 2.75) is 0 Å². The van der Waals surface area contributed by atoms with Crippen molar-refractivity contribution in [2.75, 3.05) is 0 Å². The largest absolute Gasteiger partial charge is 0.139 e. The molecular weight excluding hydrogens is 691 g/mol. The summed E-state index contributed by atoms with van der Waals surface area (Å²) < 4.78 is 0. The van der Waals surface area contributed by atoms with Crippen molar-refractivity contribution in [3.8, 4) is 33.4 Å². The molecule has 0 aromatic heterocycles. The van der Waals surface area contributed by atoms with Crippen LogP contribution in [0.3, 0.4) is 0 Å². The molecule has 9 aromatic rings. The van der Waals surface area contributed by atoms with Gasteiger partial charge in [-0.15, -0.1) is 38.2 Å². The zero-order valence-electron chi connectivity index (χ0n) is 38.0. The minimum atomic E-state index is 1.25. The van der Waals surface area contributed by atoms with Crippen LogP contribution in [0.4, 0.5) is 0 Å². The van der Waals surface area contributed by atoms with E-state index in [1.54, 1.807) is 0 Å². The lowest BCUT2D eigenvalue weighted by Gasteiger charge is -2.31. The van der Waals surface area contributed by atoms with Gasteiger partial charge in [-0.3, -0.25) is 0 Å². The Kier molecular flexibility index (Phi) is 9.54. The van der Waals surface area contributed by atoms with Gasteiger partial charge in [0, 0.05) is 0 Å². The third kappa shape index (κ3) is 5.52. The third-order valence-corrected chi connectivity index (χ3v) is 15.7. The van der Waals surface area contributed by atoms with Gasteiger partial charge in [-0.2, -0.15) is 0 Å². The summed E-state index contributed by atoms with van der Waals surface area (Å²) in [7, 11) is 35.5. The zero-order valence-corrected chi connectivity index (χ0v) is 38.0. The van der Waals surface area contributed by atoms with Crippen LogP contribution in [0.1, 0.15) is 0 Å². The Morgan fingerprint density at radius 3 is 1.08 bits per heavy atom. The predicted octanol–water partition coefficient (Wildman–Crippen LogP) is -13.7. The van der Waals surface area contributed by atoms with Gasteiger partial charge >= 0.3 is 0 Å². The average molecular weight is 734 g/mol. The van der Waals surface area contributed by atoms with Crippen molar-refractivity contribution in [1.29, 1.82) is 0 Å². The molecule has 0 saturated carbocycles. The molecule has 9 aromatic carbocycles. The summed E-state index contributed by atoms with van der Waals surface area (Å²) in [6, 6.07) is 29.6. The van der Waals surface area contributed by atoms with Crippen molar-refractivity contribution >= 4 is 253 Å². The molecule has 0 aliphatic rings. The highest BCUT2D eigenvalue weighted by Crippen LogP contribution is 2.44. The van der Waals surface area contributed by atoms with E-state index >= 15 is 0 Å². The van der Waals surface area contributed by atoms with Crippen LogP contribution in [0, 0.1) is 0 Å². The molecule has 0 heterocycles. The molecule has 264 valence electrons. The first-order valence-electron chi connectivity index (χ1n) is 21.6. The standard InChI is InChI=1S/C44H43B15/c45-30-23-21(20-12-11-17(18-7-3-4-8-19(18)20)16-10-9-14-5-1-2-6-15(14)13-16)24-26(34(49)42(57)40(55)31(24)46)22(25(23)33(48)41(56)39(30)54)27-28-29(36(51)38(53)32(27)47)37(52)44(59)43(58)35(28)50/h1-13H,45-59H2. The first-order chi connectivity index (χ1) is 28.1. The van der Waals surface area contributed by atoms with Crippen LogP contribution in [0.2, 0.25) is 0 Å². The molecule has 0 bridgehead atoms. The topological polar surface area (TPSA) is 0 Å². The van der Waals surface area contributed by atoms with Crippen molar-refractivity contribution in [3.05, 3.63) is 78.9 Å². The minimum absolute atomic E-state index is 1.25. The van der Waals surface area contributed by atoms with Crippen molar-refractivity contribution in [3.63, 3.8) is 0 Å². The van der Waals surface area contributed by atoms with Gasteiger partial charge in [0.1, 0.15) is 118 Å². The number of rotatable bonds is 3. The van der Waals surface area contributed by atoms with Crippen LogP contribution in [0.5, 0.6) is 0 Å². The highest BCUT2D eigenvalue weighted by molar-refractivity contribution is 6.75. The molecule has 0 aliphatic heterocycles. The molecule has 59 heavy (non-hydrogen) atoms. The lowest BCUT2D eigenvalue weighted by Crippen LogP contribution is -2.53. The predicted molar refractivity (Wildman–Crippen MR) is 313 cm³/mol. The molecule has 0 saturated heterocycles. The molecule has 15 heteroatoms. The van der Waals surface area contributed by atoms with Gasteiger partial charge in [0.15, 0.2) is 0 Å². The van der Waals surface area contributed by atoms with Gasteiger partial charge in [-0.05, 0) is 93.3 Å². The van der Waals surface area contributed by atoms with E-state index in [1.165, 1.54) is 169 Å². The second kappa shape index (κ2) is 14.2. The van der Waals surface area contributed by atoms with Crippen molar-refractivity contribution in [1.82, 2.24) is 0 Å². The van der Waals surface area contributed by atoms with E-state index in [0.29, 0.717) is 0 Å². The summed E-state index contributed by atoms with van der Waals surface area (Å²) in [5.74, 6) is 0. The van der Waals surface area contributed by atoms with Crippen LogP contribution >= 0.6 is 0 Å². The van der Waals surface area contributed by atoms with Crippen LogP contribution < -0.4 is 81.9 Å². The highest BCUT2D eigenvalue weighted by atomic mass is 14.3. The van der Waals surface area contributed by atoms with E-state index in [4.69, 9.17) is 0 Å². The Bertz CT molecular complexity index is 3300. The van der Waals surface area contributed by atoms with Gasteiger partial charge in [-0.1, -0.05) is 116 Å². The van der Waals surface area contributed by atoms with Gasteiger partial charge in [-0.25, -0.2) is 0 Å². The maximum atomic E-state index is 2.45. The number of hydrogen-bond acceptors (Lipinski definition) is 0. The molecule has 0 N–H and O–H groups in total. The van der Waals surface area contributed by atoms with Gasteiger partial charge in [0.25, 0.3) is 0 Å². The molecule has 0 unspecified atom stereocenters. The van der Waals surface area contributed by atoms with E-state index in [1.807, 2.05) is 0 Å². The van der Waals surface area contributed by atoms with E-state index < -0.39 is 0 Å². The summed E-state index contributed by atoms with van der Waals surface area (Å²) in [6.45, 7) is 0. The fraction of sp³-hybridized carbons (Fsp3) is 0. The molecular formula is C44H43B15. The normalized spacial score (nSPS) is 11.7. The Hall–Kier alpha value is -4.75. The van der Waals surface area contributed by atoms with E-state index in [2.05, 4.69) is 197 Å². The molecule has 0 aliphatic carbocycles. The third-order valence-electron chi connectivity index (χ3n) is 15.7. The molecule has 0 nitrogen and oxygen atoms in total. The Balaban J connectivity index is 1.57. The summed E-state index contributed by atoms with van der Waals surface area (Å²) >= 11 is 0. The Morgan fingerprint density at radius 1 is 0.237 bits per heavy atom. The van der Waals surface area contributed by atoms with Crippen molar-refractivity contribution in [2.24, 2.45) is 0 Å². The SMILES string of the molecule is Bc1c(B)c(B)c2c(-c3c4c(B)c(B)c(B)c(B)c4c(-c4ccc(-c5ccc6ccccc6c5)c5ccccc45)c4c(B)c(B)c(B)c(B)c34)c(B)c(B)c(B)c2c1B. The highest BCUT2D eigenvalue weighted by Gasteiger charge is 2.29. The Labute approximate surface area is 363 Å². The maximum Gasteiger partial charge on any atom is 0.139 e. The van der Waals surface area contributed by atoms with Gasteiger partial charge in [0.05, 0.1) is 0 Å². The smallest absolute Gasteiger partial charge is 0.101 e. The summed E-state index contributed by atoms with van der Waals surface area (Å²) in [6.07, 6.45) is 0. The zero-order chi connectivity index (χ0) is 42.1. The first-order valence-corrected chi connectivity index (χ1v) is 21.6. The second-order valence-corrected chi connectivity index (χ2v) is 18.0. The Morgan fingerprint density at radius 2 is 0.593 bits per heavy atom. The monoisotopic (exact) mass is 736 g/mol. The number of hydrogen-bond donors (Lipinski definition) is 0. The van der Waals surface area contributed by atoms with Crippen LogP contribution in [-0.2, 0) is 0 Å². The molecule has 0 amide bonds.